The van der Waals surface area contributed by atoms with E-state index in [1.165, 1.54) is 14.2 Å². The Morgan fingerprint density at radius 2 is 2.09 bits per heavy atom. The first-order valence-corrected chi connectivity index (χ1v) is 6.78. The summed E-state index contributed by atoms with van der Waals surface area (Å²) in [5.74, 6) is 0.287. The molecule has 1 aromatic rings. The smallest absolute Gasteiger partial charge is 0.309 e. The first-order chi connectivity index (χ1) is 10.5. The SMILES string of the molecule is COC(=O)CC=C(OC)C(C)ON=C(C)c1cccc(O)c1. The maximum absolute atomic E-state index is 11.1. The lowest BCUT2D eigenvalue weighted by Gasteiger charge is -2.13. The van der Waals surface area contributed by atoms with Gasteiger partial charge in [0.25, 0.3) is 0 Å². The van der Waals surface area contributed by atoms with Crippen LogP contribution in [0.15, 0.2) is 41.3 Å². The second-order valence-electron chi connectivity index (χ2n) is 4.57. The Balaban J connectivity index is 2.71. The number of rotatable bonds is 7. The quantitative estimate of drug-likeness (QED) is 0.362. The van der Waals surface area contributed by atoms with Gasteiger partial charge in [0.1, 0.15) is 11.5 Å². The Bertz CT molecular complexity index is 565. The van der Waals surface area contributed by atoms with Crippen molar-refractivity contribution >= 4 is 11.7 Å². The van der Waals surface area contributed by atoms with Gasteiger partial charge in [-0.1, -0.05) is 17.3 Å². The average Bonchev–Trinajstić information content (AvgIpc) is 2.52. The topological polar surface area (TPSA) is 77.4 Å². The molecule has 6 heteroatoms. The van der Waals surface area contributed by atoms with Crippen molar-refractivity contribution in [2.45, 2.75) is 26.4 Å². The van der Waals surface area contributed by atoms with Crippen molar-refractivity contribution in [2.24, 2.45) is 5.16 Å². The summed E-state index contributed by atoms with van der Waals surface area (Å²) < 4.78 is 9.74. The molecule has 0 saturated carbocycles. The van der Waals surface area contributed by atoms with E-state index in [1.807, 2.05) is 6.07 Å². The van der Waals surface area contributed by atoms with E-state index in [1.54, 1.807) is 38.1 Å². The van der Waals surface area contributed by atoms with Crippen LogP contribution in [0.4, 0.5) is 0 Å². The van der Waals surface area contributed by atoms with Crippen LogP contribution >= 0.6 is 0 Å². The van der Waals surface area contributed by atoms with E-state index in [0.29, 0.717) is 11.5 Å². The maximum atomic E-state index is 11.1. The molecule has 0 heterocycles. The van der Waals surface area contributed by atoms with E-state index >= 15 is 0 Å². The minimum Gasteiger partial charge on any atom is -0.508 e. The number of nitrogens with zero attached hydrogens (tertiary/aromatic N) is 1. The predicted molar refractivity (Wildman–Crippen MR) is 82.6 cm³/mol. The summed E-state index contributed by atoms with van der Waals surface area (Å²) in [6, 6.07) is 6.72. The largest absolute Gasteiger partial charge is 0.508 e. The van der Waals surface area contributed by atoms with E-state index in [2.05, 4.69) is 9.89 Å². The van der Waals surface area contributed by atoms with Gasteiger partial charge in [-0.05, 0) is 32.1 Å². The Kier molecular flexibility index (Phi) is 6.95. The summed E-state index contributed by atoms with van der Waals surface area (Å²) in [6.45, 7) is 3.53. The van der Waals surface area contributed by atoms with E-state index in [0.717, 1.165) is 5.56 Å². The number of carbonyl (C=O) groups excluding carboxylic acids is 1. The zero-order valence-corrected chi connectivity index (χ0v) is 13.2. The van der Waals surface area contributed by atoms with Gasteiger partial charge in [-0.25, -0.2) is 0 Å². The van der Waals surface area contributed by atoms with Gasteiger partial charge in [0.05, 0.1) is 26.4 Å². The van der Waals surface area contributed by atoms with Crippen LogP contribution in [-0.4, -0.2) is 37.1 Å². The fourth-order valence-corrected chi connectivity index (χ4v) is 1.68. The second-order valence-corrected chi connectivity index (χ2v) is 4.57. The molecule has 0 aliphatic carbocycles. The Morgan fingerprint density at radius 3 is 2.68 bits per heavy atom. The van der Waals surface area contributed by atoms with Gasteiger partial charge < -0.3 is 19.4 Å². The van der Waals surface area contributed by atoms with Crippen LogP contribution < -0.4 is 0 Å². The lowest BCUT2D eigenvalue weighted by Crippen LogP contribution is -2.12. The Morgan fingerprint density at radius 1 is 1.36 bits per heavy atom. The molecule has 0 amide bonds. The van der Waals surface area contributed by atoms with Gasteiger partial charge >= 0.3 is 5.97 Å². The lowest BCUT2D eigenvalue weighted by molar-refractivity contribution is -0.139. The van der Waals surface area contributed by atoms with Crippen LogP contribution in [0.5, 0.6) is 5.75 Å². The molecule has 1 unspecified atom stereocenters. The molecule has 0 saturated heterocycles. The first kappa shape index (κ1) is 17.6. The average molecular weight is 307 g/mol. The van der Waals surface area contributed by atoms with Crippen LogP contribution in [0, 0.1) is 0 Å². The molecular formula is C16H21NO5. The summed E-state index contributed by atoms with van der Waals surface area (Å²) in [5.41, 5.74) is 1.37. The number of carbonyl (C=O) groups is 1. The Hall–Kier alpha value is -2.50. The molecule has 22 heavy (non-hydrogen) atoms. The molecule has 1 aromatic carbocycles. The van der Waals surface area contributed by atoms with E-state index in [4.69, 9.17) is 9.57 Å². The Labute approximate surface area is 130 Å². The zero-order valence-electron chi connectivity index (χ0n) is 13.2. The molecular weight excluding hydrogens is 286 g/mol. The summed E-state index contributed by atoms with van der Waals surface area (Å²) in [5, 5.41) is 13.5. The molecule has 1 N–H and O–H groups in total. The molecule has 0 aromatic heterocycles. The number of hydrogen-bond donors (Lipinski definition) is 1. The highest BCUT2D eigenvalue weighted by molar-refractivity contribution is 5.98. The van der Waals surface area contributed by atoms with Crippen molar-refractivity contribution in [3.8, 4) is 5.75 Å². The maximum Gasteiger partial charge on any atom is 0.309 e. The monoisotopic (exact) mass is 307 g/mol. The van der Waals surface area contributed by atoms with Crippen molar-refractivity contribution < 1.29 is 24.2 Å². The number of ether oxygens (including phenoxy) is 2. The van der Waals surface area contributed by atoms with Crippen molar-refractivity contribution in [1.29, 1.82) is 0 Å². The van der Waals surface area contributed by atoms with Crippen molar-refractivity contribution in [2.75, 3.05) is 14.2 Å². The number of hydrogen-bond acceptors (Lipinski definition) is 6. The van der Waals surface area contributed by atoms with Gasteiger partial charge in [-0.2, -0.15) is 0 Å². The fourth-order valence-electron chi connectivity index (χ4n) is 1.68. The van der Waals surface area contributed by atoms with Crippen molar-refractivity contribution in [3.05, 3.63) is 41.7 Å². The minimum atomic E-state index is -0.457. The molecule has 6 nitrogen and oxygen atoms in total. The molecule has 0 radical (unpaired) electrons. The van der Waals surface area contributed by atoms with Crippen LogP contribution in [0.2, 0.25) is 0 Å². The summed E-state index contributed by atoms with van der Waals surface area (Å²) in [7, 11) is 2.82. The summed E-state index contributed by atoms with van der Waals surface area (Å²) in [6.07, 6.45) is 1.24. The van der Waals surface area contributed by atoms with Gasteiger partial charge in [0.15, 0.2) is 6.10 Å². The molecule has 1 atom stereocenters. The predicted octanol–water partition coefficient (Wildman–Crippen LogP) is 2.61. The van der Waals surface area contributed by atoms with Gasteiger partial charge in [-0.3, -0.25) is 4.79 Å². The van der Waals surface area contributed by atoms with Crippen molar-refractivity contribution in [1.82, 2.24) is 0 Å². The van der Waals surface area contributed by atoms with E-state index in [-0.39, 0.29) is 18.1 Å². The highest BCUT2D eigenvalue weighted by Gasteiger charge is 2.12. The summed E-state index contributed by atoms with van der Waals surface area (Å²) >= 11 is 0. The van der Waals surface area contributed by atoms with Gasteiger partial charge in [-0.15, -0.1) is 0 Å². The number of phenols is 1. The van der Waals surface area contributed by atoms with E-state index in [9.17, 15) is 9.90 Å². The summed E-state index contributed by atoms with van der Waals surface area (Å²) in [4.78, 5) is 16.5. The first-order valence-electron chi connectivity index (χ1n) is 6.78. The number of benzene rings is 1. The zero-order chi connectivity index (χ0) is 16.5. The molecule has 0 spiro atoms. The van der Waals surface area contributed by atoms with Gasteiger partial charge in [0, 0.05) is 5.56 Å². The number of methoxy groups -OCH3 is 2. The molecule has 0 aliphatic heterocycles. The number of phenolic OH excluding ortho intramolecular Hbond substituents is 1. The lowest BCUT2D eigenvalue weighted by atomic mass is 10.1. The van der Waals surface area contributed by atoms with Crippen LogP contribution in [0.3, 0.4) is 0 Å². The van der Waals surface area contributed by atoms with Crippen molar-refractivity contribution in [3.63, 3.8) is 0 Å². The second kappa shape index (κ2) is 8.71. The highest BCUT2D eigenvalue weighted by atomic mass is 16.6. The normalized spacial score (nSPS) is 13.5. The highest BCUT2D eigenvalue weighted by Crippen LogP contribution is 2.14. The van der Waals surface area contributed by atoms with E-state index < -0.39 is 6.10 Å². The minimum absolute atomic E-state index is 0.0998. The third-order valence-corrected chi connectivity index (χ3v) is 2.95. The third-order valence-electron chi connectivity index (χ3n) is 2.95. The number of aromatic hydroxyl groups is 1. The number of esters is 1. The van der Waals surface area contributed by atoms with Gasteiger partial charge in [0.2, 0.25) is 0 Å². The molecule has 0 bridgehead atoms. The number of oxime groups is 1. The standard InChI is InChI=1S/C16H21NO5/c1-11(13-6-5-7-14(18)10-13)17-22-12(2)15(20-3)8-9-16(19)21-4/h5-8,10,12,18H,9H2,1-4H3. The van der Waals surface area contributed by atoms with Crippen LogP contribution in [-0.2, 0) is 19.1 Å². The molecule has 0 aliphatic rings. The van der Waals surface area contributed by atoms with Crippen LogP contribution in [0.25, 0.3) is 0 Å². The third kappa shape index (κ3) is 5.47. The van der Waals surface area contributed by atoms with Crippen LogP contribution in [0.1, 0.15) is 25.8 Å². The molecule has 120 valence electrons. The molecule has 0 fully saturated rings. The fraction of sp³-hybridized carbons (Fsp3) is 0.375. The molecule has 1 rings (SSSR count).